The summed E-state index contributed by atoms with van der Waals surface area (Å²) in [5, 5.41) is 0. The van der Waals surface area contributed by atoms with Gasteiger partial charge in [0.15, 0.2) is 6.10 Å². The van der Waals surface area contributed by atoms with E-state index in [0.29, 0.717) is 6.42 Å². The van der Waals surface area contributed by atoms with Crippen molar-refractivity contribution in [3.05, 3.63) is 60.8 Å². The number of phosphoric acid groups is 1. The van der Waals surface area contributed by atoms with Crippen LogP contribution < -0.4 is 5.73 Å². The Kier molecular flexibility index (Phi) is 37.7. The first-order valence-corrected chi connectivity index (χ1v) is 22.3. The summed E-state index contributed by atoms with van der Waals surface area (Å²) in [7, 11) is -4.41. The highest BCUT2D eigenvalue weighted by Gasteiger charge is 2.25. The van der Waals surface area contributed by atoms with Gasteiger partial charge in [-0.2, -0.15) is 0 Å². The van der Waals surface area contributed by atoms with Crippen LogP contribution in [0, 0.1) is 0 Å². The van der Waals surface area contributed by atoms with Gasteiger partial charge in [-0.1, -0.05) is 165 Å². The fraction of sp³-hybridized carbons (Fsp3) is 0.721. The summed E-state index contributed by atoms with van der Waals surface area (Å²) in [4.78, 5) is 34.6. The molecule has 53 heavy (non-hydrogen) atoms. The summed E-state index contributed by atoms with van der Waals surface area (Å²) in [6.07, 6.45) is 46.1. The molecule has 0 aromatic rings. The zero-order valence-corrected chi connectivity index (χ0v) is 34.4. The standard InChI is InChI=1S/C43H76NO8P/c1-3-5-7-9-11-13-15-17-19-20-22-23-25-27-29-31-33-35-42(45)49-39-41(40-51-53(47,48)50-38-37-44)52-43(46)36-34-32-30-28-26-24-21-18-16-14-12-10-8-6-4-2/h17,19,22-23,27,29-30,32,34,36,41H,3-16,18,20-21,24-26,28,31,33,35,37-40,44H2,1-2H3,(H,47,48)/b19-17+,23-22+,29-27+,32-30+,36-34+/t41-/m1/s1. The van der Waals surface area contributed by atoms with Gasteiger partial charge in [-0.05, 0) is 51.4 Å². The van der Waals surface area contributed by atoms with E-state index in [2.05, 4.69) is 44.2 Å². The van der Waals surface area contributed by atoms with Gasteiger partial charge in [-0.3, -0.25) is 13.8 Å². The highest BCUT2D eigenvalue weighted by molar-refractivity contribution is 7.47. The van der Waals surface area contributed by atoms with Crippen LogP contribution in [0.2, 0.25) is 0 Å². The molecular weight excluding hydrogens is 689 g/mol. The number of hydrogen-bond acceptors (Lipinski definition) is 8. The van der Waals surface area contributed by atoms with E-state index in [4.69, 9.17) is 24.3 Å². The number of carbonyl (C=O) groups excluding carboxylic acids is 2. The van der Waals surface area contributed by atoms with E-state index >= 15 is 0 Å². The monoisotopic (exact) mass is 766 g/mol. The van der Waals surface area contributed by atoms with Crippen molar-refractivity contribution in [3.63, 3.8) is 0 Å². The molecule has 0 aliphatic heterocycles. The van der Waals surface area contributed by atoms with Gasteiger partial charge in [0, 0.05) is 19.0 Å². The lowest BCUT2D eigenvalue weighted by molar-refractivity contribution is -0.157. The van der Waals surface area contributed by atoms with Gasteiger partial charge in [0.05, 0.1) is 13.2 Å². The molecule has 0 aliphatic rings. The SMILES string of the molecule is CCCCCCCC/C=C/C/C=C/C/C=C/CCCC(=O)OC[C@H](COP(=O)(O)OCCN)OC(=O)/C=C/C=C/CCCCCCCCCCCCC. The summed E-state index contributed by atoms with van der Waals surface area (Å²) < 4.78 is 32.5. The number of allylic oxidation sites excluding steroid dienone is 9. The van der Waals surface area contributed by atoms with Crippen LogP contribution in [0.15, 0.2) is 60.8 Å². The molecule has 3 N–H and O–H groups in total. The van der Waals surface area contributed by atoms with Crippen molar-refractivity contribution >= 4 is 19.8 Å². The van der Waals surface area contributed by atoms with Gasteiger partial charge in [0.2, 0.25) is 0 Å². The van der Waals surface area contributed by atoms with Crippen LogP contribution in [-0.2, 0) is 32.7 Å². The molecule has 9 nitrogen and oxygen atoms in total. The lowest BCUT2D eigenvalue weighted by atomic mass is 10.1. The van der Waals surface area contributed by atoms with Gasteiger partial charge in [-0.15, -0.1) is 0 Å². The highest BCUT2D eigenvalue weighted by Crippen LogP contribution is 2.43. The van der Waals surface area contributed by atoms with E-state index < -0.39 is 32.5 Å². The molecule has 0 aromatic heterocycles. The van der Waals surface area contributed by atoms with Gasteiger partial charge >= 0.3 is 19.8 Å². The maximum absolute atomic E-state index is 12.4. The second-order valence-corrected chi connectivity index (χ2v) is 15.0. The Morgan fingerprint density at radius 2 is 1.11 bits per heavy atom. The second kappa shape index (κ2) is 39.4. The minimum absolute atomic E-state index is 0.0321. The summed E-state index contributed by atoms with van der Waals surface area (Å²) in [6, 6.07) is 0. The number of esters is 2. The van der Waals surface area contributed by atoms with E-state index in [0.717, 1.165) is 38.5 Å². The van der Waals surface area contributed by atoms with Crippen molar-refractivity contribution in [1.82, 2.24) is 0 Å². The van der Waals surface area contributed by atoms with E-state index in [-0.39, 0.29) is 26.2 Å². The number of carbonyl (C=O) groups is 2. The Labute approximate surface area is 323 Å². The summed E-state index contributed by atoms with van der Waals surface area (Å²) in [6.45, 7) is 3.53. The highest BCUT2D eigenvalue weighted by atomic mass is 31.2. The van der Waals surface area contributed by atoms with Crippen molar-refractivity contribution in [2.75, 3.05) is 26.4 Å². The van der Waals surface area contributed by atoms with Gasteiger partial charge in [0.25, 0.3) is 0 Å². The Morgan fingerprint density at radius 1 is 0.623 bits per heavy atom. The summed E-state index contributed by atoms with van der Waals surface area (Å²) >= 11 is 0. The van der Waals surface area contributed by atoms with E-state index in [9.17, 15) is 19.0 Å². The first-order valence-electron chi connectivity index (χ1n) is 20.8. The lowest BCUT2D eigenvalue weighted by Crippen LogP contribution is -2.29. The number of ether oxygens (including phenoxy) is 2. The molecule has 0 spiro atoms. The van der Waals surface area contributed by atoms with E-state index in [1.807, 2.05) is 12.2 Å². The maximum Gasteiger partial charge on any atom is 0.472 e. The predicted octanol–water partition coefficient (Wildman–Crippen LogP) is 11.7. The van der Waals surface area contributed by atoms with Gasteiger partial charge in [-0.25, -0.2) is 9.36 Å². The van der Waals surface area contributed by atoms with E-state index in [1.165, 1.54) is 109 Å². The zero-order valence-electron chi connectivity index (χ0n) is 33.5. The fourth-order valence-electron chi connectivity index (χ4n) is 5.38. The van der Waals surface area contributed by atoms with Crippen molar-refractivity contribution in [2.24, 2.45) is 5.73 Å². The largest absolute Gasteiger partial charge is 0.472 e. The van der Waals surface area contributed by atoms with Crippen LogP contribution in [0.5, 0.6) is 0 Å². The van der Waals surface area contributed by atoms with Gasteiger partial charge in [0.1, 0.15) is 6.61 Å². The van der Waals surface area contributed by atoms with Gasteiger partial charge < -0.3 is 20.1 Å². The Hall–Kier alpha value is -2.29. The average molecular weight is 766 g/mol. The Balaban J connectivity index is 4.37. The first-order chi connectivity index (χ1) is 25.8. The molecule has 0 saturated heterocycles. The van der Waals surface area contributed by atoms with Crippen LogP contribution in [0.1, 0.15) is 168 Å². The lowest BCUT2D eigenvalue weighted by Gasteiger charge is -2.19. The molecular formula is C43H76NO8P. The van der Waals surface area contributed by atoms with Crippen molar-refractivity contribution in [1.29, 1.82) is 0 Å². The predicted molar refractivity (Wildman–Crippen MR) is 219 cm³/mol. The zero-order chi connectivity index (χ0) is 38.9. The number of unbranched alkanes of at least 4 members (excludes halogenated alkanes) is 18. The minimum Gasteiger partial charge on any atom is -0.462 e. The Bertz CT molecular complexity index is 1050. The molecule has 10 heteroatoms. The number of rotatable bonds is 38. The smallest absolute Gasteiger partial charge is 0.462 e. The molecule has 0 heterocycles. The number of nitrogens with two attached hydrogens (primary N) is 1. The first kappa shape index (κ1) is 50.7. The molecule has 0 amide bonds. The number of hydrogen-bond donors (Lipinski definition) is 2. The number of phosphoric ester groups is 1. The quantitative estimate of drug-likeness (QED) is 0.0157. The minimum atomic E-state index is -4.41. The third kappa shape index (κ3) is 39.2. The molecule has 0 saturated carbocycles. The third-order valence-corrected chi connectivity index (χ3v) is 9.47. The topological polar surface area (TPSA) is 134 Å². The van der Waals surface area contributed by atoms with Crippen LogP contribution >= 0.6 is 7.82 Å². The van der Waals surface area contributed by atoms with Crippen molar-refractivity contribution in [3.8, 4) is 0 Å². The molecule has 0 aliphatic carbocycles. The summed E-state index contributed by atoms with van der Waals surface area (Å²) in [5.41, 5.74) is 5.33. The second-order valence-electron chi connectivity index (χ2n) is 13.6. The van der Waals surface area contributed by atoms with Crippen LogP contribution in [0.4, 0.5) is 0 Å². The normalized spacial score (nSPS) is 14.0. The molecule has 2 atom stereocenters. The molecule has 0 radical (unpaired) electrons. The molecule has 0 bridgehead atoms. The molecule has 306 valence electrons. The summed E-state index contributed by atoms with van der Waals surface area (Å²) in [5.74, 6) is -1.15. The maximum atomic E-state index is 12.4. The van der Waals surface area contributed by atoms with Crippen LogP contribution in [0.25, 0.3) is 0 Å². The Morgan fingerprint density at radius 3 is 1.66 bits per heavy atom. The van der Waals surface area contributed by atoms with E-state index in [1.54, 1.807) is 12.2 Å². The van der Waals surface area contributed by atoms with Crippen LogP contribution in [0.3, 0.4) is 0 Å². The molecule has 1 unspecified atom stereocenters. The molecule has 0 fully saturated rings. The molecule has 0 aromatic carbocycles. The van der Waals surface area contributed by atoms with Crippen molar-refractivity contribution in [2.45, 2.75) is 174 Å². The molecule has 0 rings (SSSR count). The fourth-order valence-corrected chi connectivity index (χ4v) is 6.15. The van der Waals surface area contributed by atoms with Crippen molar-refractivity contribution < 1.29 is 37.6 Å². The van der Waals surface area contributed by atoms with Crippen LogP contribution in [-0.4, -0.2) is 49.3 Å². The average Bonchev–Trinajstić information content (AvgIpc) is 3.14. The third-order valence-electron chi connectivity index (χ3n) is 8.48.